The number of hydrogen-bond acceptors (Lipinski definition) is 4. The summed E-state index contributed by atoms with van der Waals surface area (Å²) in [6.45, 7) is 6.19. The zero-order chi connectivity index (χ0) is 14.9. The number of benzene rings is 1. The first-order valence-corrected chi connectivity index (χ1v) is 8.18. The van der Waals surface area contributed by atoms with Crippen molar-refractivity contribution in [2.75, 3.05) is 0 Å². The van der Waals surface area contributed by atoms with Crippen molar-refractivity contribution in [3.05, 3.63) is 43.8 Å². The number of rotatable bonds is 3. The minimum absolute atomic E-state index is 0.132. The predicted octanol–water partition coefficient (Wildman–Crippen LogP) is 4.53. The SMILES string of the molecule is CC(C)(C)c1nnsc1C(O)Cc1ccc(Br)cc1Cl. The largest absolute Gasteiger partial charge is 0.387 e. The second kappa shape index (κ2) is 6.10. The van der Waals surface area contributed by atoms with Crippen LogP contribution in [0, 0.1) is 0 Å². The van der Waals surface area contributed by atoms with Gasteiger partial charge in [0.25, 0.3) is 0 Å². The van der Waals surface area contributed by atoms with Gasteiger partial charge in [0, 0.05) is 21.3 Å². The molecule has 0 saturated carbocycles. The summed E-state index contributed by atoms with van der Waals surface area (Å²) in [5, 5.41) is 15.3. The molecule has 6 heteroatoms. The lowest BCUT2D eigenvalue weighted by atomic mass is 9.89. The first-order chi connectivity index (χ1) is 9.29. The average molecular weight is 376 g/mol. The summed E-state index contributed by atoms with van der Waals surface area (Å²) < 4.78 is 4.91. The number of halogens is 2. The van der Waals surface area contributed by atoms with Crippen molar-refractivity contribution in [3.63, 3.8) is 0 Å². The first kappa shape index (κ1) is 15.9. The topological polar surface area (TPSA) is 46.0 Å². The van der Waals surface area contributed by atoms with Crippen molar-refractivity contribution in [2.45, 2.75) is 38.7 Å². The molecule has 0 saturated heterocycles. The molecule has 0 radical (unpaired) electrons. The molecule has 0 aliphatic heterocycles. The van der Waals surface area contributed by atoms with Gasteiger partial charge >= 0.3 is 0 Å². The molecule has 0 fully saturated rings. The highest BCUT2D eigenvalue weighted by molar-refractivity contribution is 9.10. The van der Waals surface area contributed by atoms with E-state index in [1.54, 1.807) is 0 Å². The van der Waals surface area contributed by atoms with Gasteiger partial charge in [-0.15, -0.1) is 5.10 Å². The molecule has 0 bridgehead atoms. The van der Waals surface area contributed by atoms with Crippen LogP contribution in [0.15, 0.2) is 22.7 Å². The fraction of sp³-hybridized carbons (Fsp3) is 0.429. The van der Waals surface area contributed by atoms with Crippen LogP contribution < -0.4 is 0 Å². The normalized spacial score (nSPS) is 13.5. The van der Waals surface area contributed by atoms with E-state index in [9.17, 15) is 5.11 Å². The molecule has 0 aliphatic rings. The van der Waals surface area contributed by atoms with Gasteiger partial charge in [-0.2, -0.15) is 0 Å². The van der Waals surface area contributed by atoms with Crippen LogP contribution in [-0.4, -0.2) is 14.7 Å². The summed E-state index contributed by atoms with van der Waals surface area (Å²) in [7, 11) is 0. The van der Waals surface area contributed by atoms with Gasteiger partial charge in [-0.1, -0.05) is 58.9 Å². The van der Waals surface area contributed by atoms with Crippen LogP contribution in [-0.2, 0) is 11.8 Å². The molecule has 0 spiro atoms. The van der Waals surface area contributed by atoms with E-state index in [2.05, 4.69) is 46.3 Å². The van der Waals surface area contributed by atoms with Crippen molar-refractivity contribution in [2.24, 2.45) is 0 Å². The van der Waals surface area contributed by atoms with E-state index in [0.29, 0.717) is 11.4 Å². The molecule has 1 heterocycles. The standard InChI is InChI=1S/C14H16BrClN2OS/c1-14(2,3)13-12(20-18-17-13)11(19)6-8-4-5-9(15)7-10(8)16/h4-5,7,11,19H,6H2,1-3H3. The summed E-state index contributed by atoms with van der Waals surface area (Å²) in [6.07, 6.45) is -0.179. The van der Waals surface area contributed by atoms with Gasteiger partial charge in [0.2, 0.25) is 0 Å². The third-order valence-electron chi connectivity index (χ3n) is 2.95. The molecule has 1 aromatic heterocycles. The second-order valence-electron chi connectivity index (χ2n) is 5.69. The van der Waals surface area contributed by atoms with Crippen molar-refractivity contribution in [3.8, 4) is 0 Å². The van der Waals surface area contributed by atoms with Gasteiger partial charge in [0.05, 0.1) is 16.7 Å². The lowest BCUT2D eigenvalue weighted by Crippen LogP contribution is -2.16. The summed E-state index contributed by atoms with van der Waals surface area (Å²) in [5.74, 6) is 0. The molecule has 2 aromatic rings. The molecular formula is C14H16BrClN2OS. The fourth-order valence-electron chi connectivity index (χ4n) is 1.92. The van der Waals surface area contributed by atoms with Crippen LogP contribution in [0.25, 0.3) is 0 Å². The highest BCUT2D eigenvalue weighted by Crippen LogP contribution is 2.33. The van der Waals surface area contributed by atoms with Crippen LogP contribution in [0.5, 0.6) is 0 Å². The predicted molar refractivity (Wildman–Crippen MR) is 86.4 cm³/mol. The molecule has 1 N–H and O–H groups in total. The minimum atomic E-state index is -0.636. The second-order valence-corrected chi connectivity index (χ2v) is 7.80. The Labute approximate surface area is 136 Å². The minimum Gasteiger partial charge on any atom is -0.387 e. The Morgan fingerprint density at radius 1 is 1.40 bits per heavy atom. The molecule has 1 aromatic carbocycles. The number of nitrogens with zero attached hydrogens (tertiary/aromatic N) is 2. The Morgan fingerprint density at radius 3 is 2.70 bits per heavy atom. The molecular weight excluding hydrogens is 360 g/mol. The van der Waals surface area contributed by atoms with Gasteiger partial charge in [0.1, 0.15) is 0 Å². The van der Waals surface area contributed by atoms with Crippen molar-refractivity contribution in [1.29, 1.82) is 0 Å². The molecule has 0 amide bonds. The third-order valence-corrected chi connectivity index (χ3v) is 4.63. The zero-order valence-electron chi connectivity index (χ0n) is 11.5. The maximum atomic E-state index is 10.5. The molecule has 0 aliphatic carbocycles. The van der Waals surface area contributed by atoms with E-state index in [1.165, 1.54) is 11.5 Å². The van der Waals surface area contributed by atoms with Crippen LogP contribution in [0.1, 0.15) is 43.0 Å². The molecule has 1 atom stereocenters. The Hall–Kier alpha value is -0.490. The fourth-order valence-corrected chi connectivity index (χ4v) is 3.52. The monoisotopic (exact) mass is 374 g/mol. The Bertz CT molecular complexity index is 609. The number of aromatic nitrogens is 2. The van der Waals surface area contributed by atoms with Gasteiger partial charge in [-0.05, 0) is 29.2 Å². The van der Waals surface area contributed by atoms with Crippen molar-refractivity contribution >= 4 is 39.1 Å². The number of aliphatic hydroxyl groups excluding tert-OH is 1. The molecule has 108 valence electrons. The van der Waals surface area contributed by atoms with Crippen molar-refractivity contribution < 1.29 is 5.11 Å². The van der Waals surface area contributed by atoms with E-state index in [4.69, 9.17) is 11.6 Å². The Kier molecular flexibility index (Phi) is 4.84. The zero-order valence-corrected chi connectivity index (χ0v) is 14.7. The summed E-state index contributed by atoms with van der Waals surface area (Å²) in [4.78, 5) is 0.816. The maximum Gasteiger partial charge on any atom is 0.0958 e. The van der Waals surface area contributed by atoms with E-state index in [1.807, 2.05) is 18.2 Å². The van der Waals surface area contributed by atoms with Gasteiger partial charge in [-0.25, -0.2) is 0 Å². The lowest BCUT2D eigenvalue weighted by Gasteiger charge is -2.19. The smallest absolute Gasteiger partial charge is 0.0958 e. The number of hydrogen-bond donors (Lipinski definition) is 1. The summed E-state index contributed by atoms with van der Waals surface area (Å²) in [5.41, 5.74) is 1.63. The van der Waals surface area contributed by atoms with Crippen LogP contribution in [0.3, 0.4) is 0 Å². The van der Waals surface area contributed by atoms with E-state index in [-0.39, 0.29) is 5.41 Å². The number of aliphatic hydroxyl groups is 1. The quantitative estimate of drug-likeness (QED) is 0.857. The van der Waals surface area contributed by atoms with Crippen LogP contribution >= 0.6 is 39.1 Å². The molecule has 1 unspecified atom stereocenters. The van der Waals surface area contributed by atoms with E-state index < -0.39 is 6.10 Å². The highest BCUT2D eigenvalue weighted by Gasteiger charge is 2.26. The van der Waals surface area contributed by atoms with Crippen LogP contribution in [0.2, 0.25) is 5.02 Å². The van der Waals surface area contributed by atoms with Gasteiger partial charge in [-0.3, -0.25) is 0 Å². The third kappa shape index (κ3) is 3.58. The molecule has 3 nitrogen and oxygen atoms in total. The van der Waals surface area contributed by atoms with Crippen molar-refractivity contribution in [1.82, 2.24) is 9.59 Å². The van der Waals surface area contributed by atoms with E-state index >= 15 is 0 Å². The first-order valence-electron chi connectivity index (χ1n) is 6.23. The van der Waals surface area contributed by atoms with E-state index in [0.717, 1.165) is 20.6 Å². The van der Waals surface area contributed by atoms with Crippen LogP contribution in [0.4, 0.5) is 0 Å². The maximum absolute atomic E-state index is 10.5. The summed E-state index contributed by atoms with van der Waals surface area (Å²) in [6, 6.07) is 5.67. The van der Waals surface area contributed by atoms with Gasteiger partial charge < -0.3 is 5.11 Å². The molecule has 2 rings (SSSR count). The average Bonchev–Trinajstić information content (AvgIpc) is 2.81. The van der Waals surface area contributed by atoms with Gasteiger partial charge in [0.15, 0.2) is 0 Å². The summed E-state index contributed by atoms with van der Waals surface area (Å²) >= 11 is 10.8. The Morgan fingerprint density at radius 2 is 2.10 bits per heavy atom. The Balaban J connectivity index is 2.25. The molecule has 20 heavy (non-hydrogen) atoms. The lowest BCUT2D eigenvalue weighted by molar-refractivity contribution is 0.179. The highest BCUT2D eigenvalue weighted by atomic mass is 79.9.